The van der Waals surface area contributed by atoms with Crippen LogP contribution in [0.25, 0.3) is 11.2 Å². The quantitative estimate of drug-likeness (QED) is 0.556. The van der Waals surface area contributed by atoms with Crippen LogP contribution in [0.5, 0.6) is 5.75 Å². The molecule has 0 saturated carbocycles. The molecular weight excluding hydrogens is 280 g/mol. The number of aromatic nitrogens is 4. The summed E-state index contributed by atoms with van der Waals surface area (Å²) in [6.45, 7) is 3.47. The molecule has 0 fully saturated rings. The molecule has 0 aliphatic carbocycles. The van der Waals surface area contributed by atoms with Crippen LogP contribution in [-0.4, -0.2) is 38.1 Å². The zero-order valence-corrected chi connectivity index (χ0v) is 12.3. The lowest BCUT2D eigenvalue weighted by Crippen LogP contribution is -2.10. The molecule has 4 N–H and O–H groups in total. The zero-order chi connectivity index (χ0) is 15.4. The number of rotatable bonds is 6. The highest BCUT2D eigenvalue weighted by Crippen LogP contribution is 2.18. The van der Waals surface area contributed by atoms with Crippen molar-refractivity contribution in [2.24, 2.45) is 0 Å². The van der Waals surface area contributed by atoms with E-state index in [1.807, 2.05) is 19.1 Å². The van der Waals surface area contributed by atoms with Crippen LogP contribution in [0, 0.1) is 0 Å². The summed E-state index contributed by atoms with van der Waals surface area (Å²) >= 11 is 0. The van der Waals surface area contributed by atoms with Crippen molar-refractivity contribution in [1.29, 1.82) is 0 Å². The molecule has 3 aromatic rings. The molecule has 7 heteroatoms. The number of fused-ring (bicyclic) bond motifs is 1. The predicted octanol–water partition coefficient (Wildman–Crippen LogP) is 2.14. The first-order chi connectivity index (χ1) is 10.8. The smallest absolute Gasteiger partial charge is 0.226 e. The number of phenolic OH excluding ortho intramolecular Hbond substituents is 1. The molecule has 2 aromatic heterocycles. The van der Waals surface area contributed by atoms with Crippen molar-refractivity contribution in [2.45, 2.75) is 13.3 Å². The Morgan fingerprint density at radius 2 is 1.95 bits per heavy atom. The number of aromatic hydroxyl groups is 1. The third kappa shape index (κ3) is 3.08. The molecule has 3 rings (SSSR count). The van der Waals surface area contributed by atoms with Gasteiger partial charge in [0.05, 0.1) is 6.33 Å². The van der Waals surface area contributed by atoms with Crippen LogP contribution in [0.1, 0.15) is 12.5 Å². The predicted molar refractivity (Wildman–Crippen MR) is 86.1 cm³/mol. The summed E-state index contributed by atoms with van der Waals surface area (Å²) in [4.78, 5) is 16.0. The SMILES string of the molecule is CCNc1nc(NCCc2ccc(O)cc2)c2[nH]cnc2n1. The normalized spacial score (nSPS) is 10.8. The molecule has 114 valence electrons. The first-order valence-corrected chi connectivity index (χ1v) is 7.23. The molecule has 0 amide bonds. The fraction of sp³-hybridized carbons (Fsp3) is 0.267. The van der Waals surface area contributed by atoms with Gasteiger partial charge in [-0.3, -0.25) is 0 Å². The Balaban J connectivity index is 1.72. The number of anilines is 2. The number of aromatic amines is 1. The van der Waals surface area contributed by atoms with Gasteiger partial charge in [0.2, 0.25) is 5.95 Å². The molecule has 0 aliphatic rings. The molecule has 0 atom stereocenters. The second-order valence-electron chi connectivity index (χ2n) is 4.87. The molecule has 22 heavy (non-hydrogen) atoms. The van der Waals surface area contributed by atoms with Crippen molar-refractivity contribution in [1.82, 2.24) is 19.9 Å². The monoisotopic (exact) mass is 298 g/mol. The Hall–Kier alpha value is -2.83. The van der Waals surface area contributed by atoms with E-state index < -0.39 is 0 Å². The molecule has 2 heterocycles. The number of nitrogens with zero attached hydrogens (tertiary/aromatic N) is 3. The highest BCUT2D eigenvalue weighted by atomic mass is 16.3. The van der Waals surface area contributed by atoms with Crippen LogP contribution in [-0.2, 0) is 6.42 Å². The summed E-state index contributed by atoms with van der Waals surface area (Å²) in [6, 6.07) is 7.20. The van der Waals surface area contributed by atoms with Crippen molar-refractivity contribution < 1.29 is 5.11 Å². The van der Waals surface area contributed by atoms with E-state index in [0.29, 0.717) is 11.6 Å². The summed E-state index contributed by atoms with van der Waals surface area (Å²) in [6.07, 6.45) is 2.44. The summed E-state index contributed by atoms with van der Waals surface area (Å²) in [5.74, 6) is 1.58. The maximum atomic E-state index is 9.29. The third-order valence-corrected chi connectivity index (χ3v) is 3.26. The van der Waals surface area contributed by atoms with Crippen LogP contribution < -0.4 is 10.6 Å². The molecule has 0 saturated heterocycles. The van der Waals surface area contributed by atoms with Crippen molar-refractivity contribution in [3.63, 3.8) is 0 Å². The van der Waals surface area contributed by atoms with E-state index in [1.165, 1.54) is 0 Å². The fourth-order valence-electron chi connectivity index (χ4n) is 2.19. The van der Waals surface area contributed by atoms with Gasteiger partial charge in [0, 0.05) is 13.1 Å². The first-order valence-electron chi connectivity index (χ1n) is 7.23. The van der Waals surface area contributed by atoms with Crippen LogP contribution in [0.2, 0.25) is 0 Å². The molecule has 1 aromatic carbocycles. The number of benzene rings is 1. The van der Waals surface area contributed by atoms with Gasteiger partial charge < -0.3 is 20.7 Å². The van der Waals surface area contributed by atoms with Crippen molar-refractivity contribution in [3.05, 3.63) is 36.2 Å². The summed E-state index contributed by atoms with van der Waals surface area (Å²) in [7, 11) is 0. The molecule has 0 aliphatic heterocycles. The molecule has 0 unspecified atom stereocenters. The van der Waals surface area contributed by atoms with Crippen LogP contribution in [0.4, 0.5) is 11.8 Å². The highest BCUT2D eigenvalue weighted by Gasteiger charge is 2.09. The lowest BCUT2D eigenvalue weighted by molar-refractivity contribution is 0.475. The van der Waals surface area contributed by atoms with Gasteiger partial charge in [-0.1, -0.05) is 12.1 Å². The second kappa shape index (κ2) is 6.30. The minimum atomic E-state index is 0.280. The average Bonchev–Trinajstić information content (AvgIpc) is 2.98. The van der Waals surface area contributed by atoms with Crippen molar-refractivity contribution in [2.75, 3.05) is 23.7 Å². The molecule has 0 spiro atoms. The minimum Gasteiger partial charge on any atom is -0.508 e. The topological polar surface area (TPSA) is 98.8 Å². The van der Waals surface area contributed by atoms with Gasteiger partial charge in [-0.2, -0.15) is 9.97 Å². The minimum absolute atomic E-state index is 0.280. The van der Waals surface area contributed by atoms with Gasteiger partial charge in [-0.15, -0.1) is 0 Å². The molecule has 7 nitrogen and oxygen atoms in total. The van der Waals surface area contributed by atoms with E-state index >= 15 is 0 Å². The van der Waals surface area contributed by atoms with Gasteiger partial charge in [-0.05, 0) is 31.0 Å². The van der Waals surface area contributed by atoms with E-state index in [-0.39, 0.29) is 5.75 Å². The third-order valence-electron chi connectivity index (χ3n) is 3.26. The average molecular weight is 298 g/mol. The van der Waals surface area contributed by atoms with E-state index in [1.54, 1.807) is 18.5 Å². The second-order valence-corrected chi connectivity index (χ2v) is 4.87. The number of hydrogen-bond acceptors (Lipinski definition) is 6. The highest BCUT2D eigenvalue weighted by molar-refractivity contribution is 5.83. The number of imidazole rings is 1. The number of nitrogens with one attached hydrogen (secondary N) is 3. The molecule has 0 radical (unpaired) electrons. The standard InChI is InChI=1S/C15H18N6O/c1-2-16-15-20-13(12-14(21-15)19-9-18-12)17-8-7-10-3-5-11(22)6-4-10/h3-6,9,22H,2,7-8H2,1H3,(H3,16,17,18,19,20,21). The lowest BCUT2D eigenvalue weighted by atomic mass is 10.1. The Morgan fingerprint density at radius 1 is 1.14 bits per heavy atom. The van der Waals surface area contributed by atoms with Gasteiger partial charge in [0.25, 0.3) is 0 Å². The number of hydrogen-bond donors (Lipinski definition) is 4. The number of H-pyrrole nitrogens is 1. The molecular formula is C15H18N6O. The Bertz CT molecular complexity index is 752. The maximum Gasteiger partial charge on any atom is 0.226 e. The van der Waals surface area contributed by atoms with E-state index in [4.69, 9.17) is 0 Å². The summed E-state index contributed by atoms with van der Waals surface area (Å²) in [5.41, 5.74) is 2.58. The van der Waals surface area contributed by atoms with Gasteiger partial charge >= 0.3 is 0 Å². The lowest BCUT2D eigenvalue weighted by Gasteiger charge is -2.09. The number of phenols is 1. The Morgan fingerprint density at radius 3 is 2.73 bits per heavy atom. The van der Waals surface area contributed by atoms with Gasteiger partial charge in [0.15, 0.2) is 11.5 Å². The van der Waals surface area contributed by atoms with Crippen molar-refractivity contribution in [3.8, 4) is 5.75 Å². The van der Waals surface area contributed by atoms with Gasteiger partial charge in [0.1, 0.15) is 11.3 Å². The van der Waals surface area contributed by atoms with E-state index in [0.717, 1.165) is 36.4 Å². The van der Waals surface area contributed by atoms with Crippen LogP contribution in [0.3, 0.4) is 0 Å². The van der Waals surface area contributed by atoms with E-state index in [9.17, 15) is 5.11 Å². The zero-order valence-electron chi connectivity index (χ0n) is 12.3. The summed E-state index contributed by atoms with van der Waals surface area (Å²) < 4.78 is 0. The van der Waals surface area contributed by atoms with Crippen LogP contribution in [0.15, 0.2) is 30.6 Å². The maximum absolute atomic E-state index is 9.29. The molecule has 0 bridgehead atoms. The first kappa shape index (κ1) is 14.1. The Labute approximate surface area is 127 Å². The Kier molecular flexibility index (Phi) is 4.04. The largest absolute Gasteiger partial charge is 0.508 e. The van der Waals surface area contributed by atoms with Gasteiger partial charge in [-0.25, -0.2) is 4.98 Å². The fourth-order valence-corrected chi connectivity index (χ4v) is 2.19. The van der Waals surface area contributed by atoms with Crippen LogP contribution >= 0.6 is 0 Å². The van der Waals surface area contributed by atoms with E-state index in [2.05, 4.69) is 30.6 Å². The van der Waals surface area contributed by atoms with Crippen molar-refractivity contribution >= 4 is 22.9 Å². The summed E-state index contributed by atoms with van der Waals surface area (Å²) in [5, 5.41) is 15.7.